The molecule has 0 N–H and O–H groups in total. The van der Waals surface area contributed by atoms with Gasteiger partial charge in [-0.15, -0.1) is 0 Å². The first kappa shape index (κ1) is 39.4. The van der Waals surface area contributed by atoms with E-state index in [4.69, 9.17) is 0 Å². The van der Waals surface area contributed by atoms with E-state index in [-0.39, 0.29) is 10.8 Å². The van der Waals surface area contributed by atoms with E-state index in [0.717, 1.165) is 11.4 Å². The molecule has 0 amide bonds. The predicted octanol–water partition coefficient (Wildman–Crippen LogP) is 13.3. The summed E-state index contributed by atoms with van der Waals surface area (Å²) in [6, 6.07) is 82.5. The van der Waals surface area contributed by atoms with Gasteiger partial charge in [0.2, 0.25) is 0 Å². The van der Waals surface area contributed by atoms with E-state index in [2.05, 4.69) is 255 Å². The molecule has 2 heterocycles. The Labute approximate surface area is 383 Å². The van der Waals surface area contributed by atoms with E-state index >= 15 is 0 Å². The van der Waals surface area contributed by atoms with Crippen LogP contribution >= 0.6 is 0 Å². The van der Waals surface area contributed by atoms with E-state index in [1.54, 1.807) is 0 Å². The number of hydrogen-bond acceptors (Lipinski definition) is 0. The Morgan fingerprint density at radius 3 is 1.51 bits per heavy atom. The van der Waals surface area contributed by atoms with Crippen LogP contribution in [0.1, 0.15) is 51.7 Å². The fourth-order valence-electron chi connectivity index (χ4n) is 11.6. The van der Waals surface area contributed by atoms with Gasteiger partial charge in [-0.2, -0.15) is 0 Å². The van der Waals surface area contributed by atoms with Crippen molar-refractivity contribution in [3.05, 3.63) is 230 Å². The second-order valence-electron chi connectivity index (χ2n) is 19.5. The fraction of sp³-hybridized carbons (Fsp3) is 0.129. The SMILES string of the molecule is CC1(C)CCC(C)(C)c2cc([Si](c3ccccc3)(c3ccccc3)c3ccc(-n4c5ccccc5c5ccc(-c6cccc7c8ccccc8n(-c8ccccc8)c67)cc54)cc3)ccc21. The van der Waals surface area contributed by atoms with Crippen LogP contribution in [0.3, 0.4) is 0 Å². The Bertz CT molecular complexity index is 3540. The van der Waals surface area contributed by atoms with Gasteiger partial charge in [0.05, 0.1) is 22.1 Å². The summed E-state index contributed by atoms with van der Waals surface area (Å²) in [7, 11) is -2.82. The molecule has 2 aromatic heterocycles. The zero-order valence-corrected chi connectivity index (χ0v) is 38.6. The summed E-state index contributed by atoms with van der Waals surface area (Å²) in [5, 5.41) is 10.6. The van der Waals surface area contributed by atoms with Crippen LogP contribution in [0.4, 0.5) is 0 Å². The van der Waals surface area contributed by atoms with Crippen molar-refractivity contribution in [2.45, 2.75) is 51.4 Å². The average Bonchev–Trinajstić information content (AvgIpc) is 3.87. The van der Waals surface area contributed by atoms with Crippen LogP contribution in [0.15, 0.2) is 218 Å². The zero-order valence-electron chi connectivity index (χ0n) is 37.6. The third-order valence-electron chi connectivity index (χ3n) is 15.0. The third kappa shape index (κ3) is 6.06. The lowest BCUT2D eigenvalue weighted by atomic mass is 9.63. The number of para-hydroxylation sites is 4. The largest absolute Gasteiger partial charge is 0.309 e. The number of nitrogens with zero attached hydrogens (tertiary/aromatic N) is 2. The molecule has 314 valence electrons. The monoisotopic (exact) mass is 852 g/mol. The van der Waals surface area contributed by atoms with Crippen LogP contribution in [0, 0.1) is 0 Å². The highest BCUT2D eigenvalue weighted by Gasteiger charge is 2.44. The standard InChI is InChI=1S/C62H52N2Si/c1-61(2)39-40-62(3,4)56-42-49(36-38-55(56)61)65(46-21-10-6-11-22-46,47-23-12-7-13-24-47)48-34-32-45(33-35-48)63-57-29-16-14-25-51(57)53-37-31-43(41-59(53)63)50-27-18-28-54-52-26-15-17-30-58(52)64(60(50)54)44-19-8-5-9-20-44/h5-38,41-42H,39-40H2,1-4H3. The minimum Gasteiger partial charge on any atom is -0.309 e. The van der Waals surface area contributed by atoms with E-state index in [1.807, 2.05) is 0 Å². The number of rotatable bonds is 7. The topological polar surface area (TPSA) is 9.86 Å². The molecule has 65 heavy (non-hydrogen) atoms. The van der Waals surface area contributed by atoms with Gasteiger partial charge in [-0.25, -0.2) is 0 Å². The van der Waals surface area contributed by atoms with E-state index in [1.165, 1.54) is 99.5 Å². The van der Waals surface area contributed by atoms with Gasteiger partial charge in [0.25, 0.3) is 0 Å². The molecule has 0 aliphatic heterocycles. The van der Waals surface area contributed by atoms with Gasteiger partial charge >= 0.3 is 0 Å². The molecule has 0 saturated heterocycles. The highest BCUT2D eigenvalue weighted by molar-refractivity contribution is 7.19. The summed E-state index contributed by atoms with van der Waals surface area (Å²) < 4.78 is 4.93. The van der Waals surface area contributed by atoms with Crippen LogP contribution in [-0.2, 0) is 10.8 Å². The van der Waals surface area contributed by atoms with Gasteiger partial charge in [0.1, 0.15) is 0 Å². The molecule has 0 fully saturated rings. The maximum absolute atomic E-state index is 2.82. The van der Waals surface area contributed by atoms with Crippen LogP contribution in [0.25, 0.3) is 66.1 Å². The zero-order chi connectivity index (χ0) is 43.9. The predicted molar refractivity (Wildman–Crippen MR) is 279 cm³/mol. The summed E-state index contributed by atoms with van der Waals surface area (Å²) >= 11 is 0. The summed E-state index contributed by atoms with van der Waals surface area (Å²) in [4.78, 5) is 0. The van der Waals surface area contributed by atoms with Gasteiger partial charge < -0.3 is 9.13 Å². The molecule has 1 aliphatic carbocycles. The van der Waals surface area contributed by atoms with Crippen LogP contribution in [0.2, 0.25) is 0 Å². The first-order chi connectivity index (χ1) is 31.7. The van der Waals surface area contributed by atoms with E-state index < -0.39 is 8.07 Å². The summed E-state index contributed by atoms with van der Waals surface area (Å²) in [6.07, 6.45) is 2.38. The van der Waals surface area contributed by atoms with Crippen molar-refractivity contribution in [2.75, 3.05) is 0 Å². The van der Waals surface area contributed by atoms with Gasteiger partial charge in [0.15, 0.2) is 8.07 Å². The van der Waals surface area contributed by atoms with Gasteiger partial charge in [-0.3, -0.25) is 0 Å². The Hall–Kier alpha value is -7.20. The molecule has 0 radical (unpaired) electrons. The number of benzene rings is 9. The lowest BCUT2D eigenvalue weighted by Gasteiger charge is -2.43. The molecule has 0 bridgehead atoms. The van der Waals surface area contributed by atoms with E-state index in [0.29, 0.717) is 0 Å². The van der Waals surface area contributed by atoms with Crippen molar-refractivity contribution in [3.8, 4) is 22.5 Å². The minimum atomic E-state index is -2.82. The first-order valence-electron chi connectivity index (χ1n) is 23.2. The quantitative estimate of drug-likeness (QED) is 0.112. The van der Waals surface area contributed by atoms with Crippen molar-refractivity contribution < 1.29 is 0 Å². The molecular formula is C62H52N2Si. The molecule has 0 unspecified atom stereocenters. The molecule has 12 rings (SSSR count). The maximum Gasteiger partial charge on any atom is 0.179 e. The molecule has 2 nitrogen and oxygen atoms in total. The lowest BCUT2D eigenvalue weighted by molar-refractivity contribution is 0.332. The molecule has 3 heteroatoms. The number of aromatic nitrogens is 2. The molecular weight excluding hydrogens is 801 g/mol. The first-order valence-corrected chi connectivity index (χ1v) is 25.2. The minimum absolute atomic E-state index is 0.0945. The molecule has 1 aliphatic rings. The molecule has 11 aromatic rings. The highest BCUT2D eigenvalue weighted by atomic mass is 28.3. The second kappa shape index (κ2) is 14.9. The van der Waals surface area contributed by atoms with Crippen molar-refractivity contribution in [3.63, 3.8) is 0 Å². The maximum atomic E-state index is 2.63. The fourth-order valence-corrected chi connectivity index (χ4v) is 16.3. The summed E-state index contributed by atoms with van der Waals surface area (Å²) in [6.45, 7) is 9.77. The number of hydrogen-bond donors (Lipinski definition) is 0. The van der Waals surface area contributed by atoms with Crippen molar-refractivity contribution in [2.24, 2.45) is 0 Å². The van der Waals surface area contributed by atoms with Gasteiger partial charge in [0, 0.05) is 38.5 Å². The van der Waals surface area contributed by atoms with Gasteiger partial charge in [-0.05, 0) is 104 Å². The van der Waals surface area contributed by atoms with Crippen LogP contribution in [0.5, 0.6) is 0 Å². The Kier molecular flexibility index (Phi) is 9.05. The van der Waals surface area contributed by atoms with Gasteiger partial charge in [-0.1, -0.05) is 204 Å². The summed E-state index contributed by atoms with van der Waals surface area (Å²) in [5.41, 5.74) is 12.8. The molecule has 9 aromatic carbocycles. The molecule has 0 saturated carbocycles. The summed E-state index contributed by atoms with van der Waals surface area (Å²) in [5.74, 6) is 0. The molecule has 0 spiro atoms. The van der Waals surface area contributed by atoms with Crippen molar-refractivity contribution >= 4 is 72.4 Å². The van der Waals surface area contributed by atoms with Crippen molar-refractivity contribution in [1.82, 2.24) is 9.13 Å². The van der Waals surface area contributed by atoms with E-state index in [9.17, 15) is 0 Å². The van der Waals surface area contributed by atoms with Crippen molar-refractivity contribution in [1.29, 1.82) is 0 Å². The molecule has 0 atom stereocenters. The smallest absolute Gasteiger partial charge is 0.179 e. The third-order valence-corrected chi connectivity index (χ3v) is 19.7. The number of fused-ring (bicyclic) bond motifs is 7. The average molecular weight is 853 g/mol. The highest BCUT2D eigenvalue weighted by Crippen LogP contribution is 2.46. The normalized spacial score (nSPS) is 14.6. The Balaban J connectivity index is 1.08. The Morgan fingerprint density at radius 1 is 0.354 bits per heavy atom. The Morgan fingerprint density at radius 2 is 0.846 bits per heavy atom. The van der Waals surface area contributed by atoms with Crippen LogP contribution < -0.4 is 20.7 Å². The second-order valence-corrected chi connectivity index (χ2v) is 23.3. The van der Waals surface area contributed by atoms with Crippen LogP contribution in [-0.4, -0.2) is 17.2 Å². The lowest BCUT2D eigenvalue weighted by Crippen LogP contribution is -2.74.